The molecule has 0 aliphatic rings. The number of hydrogen-bond donors (Lipinski definition) is 3. The van der Waals surface area contributed by atoms with Crippen LogP contribution in [-0.2, 0) is 0 Å². The summed E-state index contributed by atoms with van der Waals surface area (Å²) in [6, 6.07) is 10.9. The van der Waals surface area contributed by atoms with E-state index in [4.69, 9.17) is 5.73 Å². The monoisotopic (exact) mass is 270 g/mol. The lowest BCUT2D eigenvalue weighted by Gasteiger charge is -2.07. The Labute approximate surface area is 115 Å². The predicted octanol–water partition coefficient (Wildman–Crippen LogP) is 1.29. The molecule has 0 aliphatic heterocycles. The zero-order valence-corrected chi connectivity index (χ0v) is 10.9. The van der Waals surface area contributed by atoms with Crippen LogP contribution in [0, 0.1) is 6.92 Å². The van der Waals surface area contributed by atoms with Crippen LogP contribution in [0.3, 0.4) is 0 Å². The lowest BCUT2D eigenvalue weighted by atomic mass is 10.2. The number of para-hydroxylation sites is 1. The molecule has 1 aromatic carbocycles. The number of rotatable bonds is 2. The molecule has 0 radical (unpaired) electrons. The summed E-state index contributed by atoms with van der Waals surface area (Å²) in [7, 11) is 0. The van der Waals surface area contributed by atoms with Gasteiger partial charge >= 0.3 is 0 Å². The zero-order chi connectivity index (χ0) is 14.3. The van der Waals surface area contributed by atoms with E-state index in [0.717, 1.165) is 16.8 Å². The summed E-state index contributed by atoms with van der Waals surface area (Å²) in [6.07, 6.45) is -1.67. The molecule has 0 aliphatic carbocycles. The van der Waals surface area contributed by atoms with E-state index < -0.39 is 6.29 Å². The van der Waals surface area contributed by atoms with E-state index in [0.29, 0.717) is 11.3 Å². The number of aromatic nitrogens is 3. The molecular formula is C14H14N4O2. The van der Waals surface area contributed by atoms with Gasteiger partial charge in [0.25, 0.3) is 0 Å². The Kier molecular flexibility index (Phi) is 2.89. The number of anilines is 1. The third kappa shape index (κ3) is 1.91. The molecule has 2 aromatic heterocycles. The number of aliphatic hydroxyl groups excluding tert-OH is 1. The van der Waals surface area contributed by atoms with Gasteiger partial charge in [0.05, 0.1) is 16.8 Å². The maximum Gasteiger partial charge on any atom is 0.196 e. The third-order valence-electron chi connectivity index (χ3n) is 3.13. The molecule has 0 bridgehead atoms. The van der Waals surface area contributed by atoms with Crippen LogP contribution in [-0.4, -0.2) is 25.0 Å². The number of pyridine rings is 1. The average Bonchev–Trinajstić information content (AvgIpc) is 2.77. The van der Waals surface area contributed by atoms with Crippen LogP contribution in [0.15, 0.2) is 36.4 Å². The molecule has 0 amide bonds. The van der Waals surface area contributed by atoms with Crippen LogP contribution in [0.2, 0.25) is 0 Å². The lowest BCUT2D eigenvalue weighted by molar-refractivity contribution is -0.0456. The molecule has 0 saturated carbocycles. The quantitative estimate of drug-likeness (QED) is 0.610. The molecule has 4 N–H and O–H groups in total. The minimum absolute atomic E-state index is 0.104. The topological polar surface area (TPSA) is 97.2 Å². The number of hydrogen-bond acceptors (Lipinski definition) is 5. The highest BCUT2D eigenvalue weighted by atomic mass is 16.5. The van der Waals surface area contributed by atoms with Gasteiger partial charge < -0.3 is 15.9 Å². The molecule has 0 saturated heterocycles. The summed E-state index contributed by atoms with van der Waals surface area (Å²) in [5, 5.41) is 23.7. The molecule has 0 atom stereocenters. The maximum absolute atomic E-state index is 9.28. The summed E-state index contributed by atoms with van der Waals surface area (Å²) in [4.78, 5) is 4.25. The first-order valence-corrected chi connectivity index (χ1v) is 6.15. The second-order valence-electron chi connectivity index (χ2n) is 4.54. The van der Waals surface area contributed by atoms with Gasteiger partial charge in [-0.05, 0) is 25.1 Å². The highest BCUT2D eigenvalue weighted by Gasteiger charge is 2.16. The van der Waals surface area contributed by atoms with Crippen molar-refractivity contribution in [2.24, 2.45) is 0 Å². The van der Waals surface area contributed by atoms with Crippen molar-refractivity contribution in [3.05, 3.63) is 47.8 Å². The fourth-order valence-electron chi connectivity index (χ4n) is 2.22. The number of fused-ring (bicyclic) bond motifs is 1. The molecule has 0 fully saturated rings. The van der Waals surface area contributed by atoms with E-state index in [-0.39, 0.29) is 5.69 Å². The molecule has 102 valence electrons. The fourth-order valence-corrected chi connectivity index (χ4v) is 2.22. The van der Waals surface area contributed by atoms with E-state index >= 15 is 0 Å². The van der Waals surface area contributed by atoms with E-state index in [1.807, 2.05) is 37.3 Å². The fraction of sp³-hybridized carbons (Fsp3) is 0.143. The summed E-state index contributed by atoms with van der Waals surface area (Å²) >= 11 is 0. The maximum atomic E-state index is 9.28. The van der Waals surface area contributed by atoms with Crippen LogP contribution in [0.1, 0.15) is 17.7 Å². The van der Waals surface area contributed by atoms with Crippen molar-refractivity contribution < 1.29 is 10.2 Å². The molecule has 6 heteroatoms. The average molecular weight is 270 g/mol. The van der Waals surface area contributed by atoms with Gasteiger partial charge in [-0.2, -0.15) is 5.10 Å². The van der Waals surface area contributed by atoms with Crippen LogP contribution in [0.5, 0.6) is 0 Å². The Hall–Kier alpha value is -2.44. The van der Waals surface area contributed by atoms with E-state index in [9.17, 15) is 10.2 Å². The molecule has 0 spiro atoms. The van der Waals surface area contributed by atoms with Gasteiger partial charge in [0, 0.05) is 5.69 Å². The molecular weight excluding hydrogens is 256 g/mol. The van der Waals surface area contributed by atoms with Crippen molar-refractivity contribution >= 4 is 16.7 Å². The van der Waals surface area contributed by atoms with Crippen molar-refractivity contribution in [3.8, 4) is 5.69 Å². The number of aliphatic hydroxyl groups is 2. The number of aryl methyl sites for hydroxylation is 1. The van der Waals surface area contributed by atoms with Crippen molar-refractivity contribution in [2.75, 3.05) is 5.73 Å². The smallest absolute Gasteiger partial charge is 0.196 e. The summed E-state index contributed by atoms with van der Waals surface area (Å²) in [5.74, 6) is 0. The minimum atomic E-state index is -1.67. The molecule has 0 unspecified atom stereocenters. The van der Waals surface area contributed by atoms with Gasteiger partial charge in [0.15, 0.2) is 11.9 Å². The minimum Gasteiger partial charge on any atom is -0.398 e. The van der Waals surface area contributed by atoms with Gasteiger partial charge in [-0.1, -0.05) is 18.2 Å². The summed E-state index contributed by atoms with van der Waals surface area (Å²) in [6.45, 7) is 1.84. The standard InChI is InChI=1S/C14H14N4O2/c1-8-12-10(15)7-11(14(19)20)16-13(12)18(17-8)9-5-3-2-4-6-9/h2-7,14,19-20H,1H3,(H2,15,16). The first-order valence-electron chi connectivity index (χ1n) is 6.15. The normalized spacial score (nSPS) is 11.4. The molecule has 6 nitrogen and oxygen atoms in total. The Balaban J connectivity index is 2.34. The number of benzene rings is 1. The summed E-state index contributed by atoms with van der Waals surface area (Å²) in [5.41, 5.74) is 8.59. The van der Waals surface area contributed by atoms with Crippen molar-refractivity contribution in [1.29, 1.82) is 0 Å². The van der Waals surface area contributed by atoms with Crippen LogP contribution < -0.4 is 5.73 Å². The zero-order valence-electron chi connectivity index (χ0n) is 10.9. The first-order chi connectivity index (χ1) is 9.58. The SMILES string of the molecule is Cc1nn(-c2ccccc2)c2nc(C(O)O)cc(N)c12. The third-order valence-corrected chi connectivity index (χ3v) is 3.13. The van der Waals surface area contributed by atoms with Crippen molar-refractivity contribution in [2.45, 2.75) is 13.2 Å². The molecule has 20 heavy (non-hydrogen) atoms. The highest BCUT2D eigenvalue weighted by Crippen LogP contribution is 2.27. The Morgan fingerprint density at radius 2 is 1.90 bits per heavy atom. The van der Waals surface area contributed by atoms with Crippen molar-refractivity contribution in [3.63, 3.8) is 0 Å². The van der Waals surface area contributed by atoms with Crippen LogP contribution >= 0.6 is 0 Å². The largest absolute Gasteiger partial charge is 0.398 e. The Morgan fingerprint density at radius 1 is 1.20 bits per heavy atom. The van der Waals surface area contributed by atoms with Gasteiger partial charge in [-0.15, -0.1) is 0 Å². The Bertz CT molecular complexity index is 766. The molecule has 2 heterocycles. The number of nitrogens with two attached hydrogens (primary N) is 1. The second kappa shape index (κ2) is 4.59. The van der Waals surface area contributed by atoms with Gasteiger partial charge in [0.1, 0.15) is 5.69 Å². The number of nitrogens with zero attached hydrogens (tertiary/aromatic N) is 3. The van der Waals surface area contributed by atoms with Gasteiger partial charge in [-0.3, -0.25) is 0 Å². The highest BCUT2D eigenvalue weighted by molar-refractivity contribution is 5.91. The van der Waals surface area contributed by atoms with E-state index in [2.05, 4.69) is 10.1 Å². The van der Waals surface area contributed by atoms with Gasteiger partial charge in [-0.25, -0.2) is 9.67 Å². The van der Waals surface area contributed by atoms with E-state index in [1.165, 1.54) is 6.07 Å². The van der Waals surface area contributed by atoms with E-state index in [1.54, 1.807) is 4.68 Å². The van der Waals surface area contributed by atoms with Crippen molar-refractivity contribution in [1.82, 2.24) is 14.8 Å². The Morgan fingerprint density at radius 3 is 2.55 bits per heavy atom. The lowest BCUT2D eigenvalue weighted by Crippen LogP contribution is -2.04. The number of nitrogen functional groups attached to an aromatic ring is 1. The first kappa shape index (κ1) is 12.6. The van der Waals surface area contributed by atoms with Gasteiger partial charge in [0.2, 0.25) is 0 Å². The predicted molar refractivity (Wildman–Crippen MR) is 75.2 cm³/mol. The molecule has 3 aromatic rings. The molecule has 3 rings (SSSR count). The second-order valence-corrected chi connectivity index (χ2v) is 4.54. The van der Waals surface area contributed by atoms with Crippen LogP contribution in [0.25, 0.3) is 16.7 Å². The summed E-state index contributed by atoms with van der Waals surface area (Å²) < 4.78 is 1.65. The van der Waals surface area contributed by atoms with Crippen LogP contribution in [0.4, 0.5) is 5.69 Å².